The highest BCUT2D eigenvalue weighted by atomic mass is 32.2. The van der Waals surface area contributed by atoms with Gasteiger partial charge in [0.05, 0.1) is 0 Å². The first-order valence-electron chi connectivity index (χ1n) is 5.92. The zero-order valence-electron chi connectivity index (χ0n) is 9.75. The van der Waals surface area contributed by atoms with Crippen LogP contribution in [0.5, 0.6) is 0 Å². The molecular weight excluding hydrogens is 200 g/mol. The molecule has 0 saturated heterocycles. The molecule has 0 N–H and O–H groups in total. The van der Waals surface area contributed by atoms with Crippen molar-refractivity contribution in [1.29, 1.82) is 0 Å². The molecule has 0 aromatic heterocycles. The van der Waals surface area contributed by atoms with E-state index in [4.69, 9.17) is 0 Å². The second-order valence-corrected chi connectivity index (χ2v) is 6.18. The van der Waals surface area contributed by atoms with E-state index < -0.39 is 0 Å². The first kappa shape index (κ1) is 11.1. The SMILES string of the molecule is CC1(C)CCCCCSc2ccccc21. The van der Waals surface area contributed by atoms with Crippen molar-refractivity contribution in [2.24, 2.45) is 0 Å². The summed E-state index contributed by atoms with van der Waals surface area (Å²) >= 11 is 2.04. The van der Waals surface area contributed by atoms with Gasteiger partial charge in [0.25, 0.3) is 0 Å². The highest BCUT2D eigenvalue weighted by molar-refractivity contribution is 7.99. The first-order valence-corrected chi connectivity index (χ1v) is 6.91. The van der Waals surface area contributed by atoms with Gasteiger partial charge in [-0.05, 0) is 35.6 Å². The first-order chi connectivity index (χ1) is 7.20. The lowest BCUT2D eigenvalue weighted by Gasteiger charge is -2.26. The summed E-state index contributed by atoms with van der Waals surface area (Å²) in [5, 5.41) is 0. The van der Waals surface area contributed by atoms with Crippen LogP contribution < -0.4 is 0 Å². The van der Waals surface area contributed by atoms with Crippen LogP contribution in [0.15, 0.2) is 29.2 Å². The molecule has 82 valence electrons. The Labute approximate surface area is 97.5 Å². The largest absolute Gasteiger partial charge is 0.126 e. The third-order valence-electron chi connectivity index (χ3n) is 3.32. The van der Waals surface area contributed by atoms with Crippen molar-refractivity contribution in [1.82, 2.24) is 0 Å². The second kappa shape index (κ2) is 4.61. The normalized spacial score (nSPS) is 20.9. The molecule has 0 fully saturated rings. The number of hydrogen-bond acceptors (Lipinski definition) is 1. The number of thioether (sulfide) groups is 1. The van der Waals surface area contributed by atoms with Crippen molar-refractivity contribution >= 4 is 11.8 Å². The predicted molar refractivity (Wildman–Crippen MR) is 68.7 cm³/mol. The molecule has 0 saturated carbocycles. The molecule has 1 aromatic rings. The quantitative estimate of drug-likeness (QED) is 0.614. The molecule has 0 radical (unpaired) electrons. The van der Waals surface area contributed by atoms with Gasteiger partial charge in [0.2, 0.25) is 0 Å². The topological polar surface area (TPSA) is 0 Å². The molecule has 0 amide bonds. The van der Waals surface area contributed by atoms with E-state index >= 15 is 0 Å². The molecule has 0 aliphatic carbocycles. The minimum atomic E-state index is 0.355. The van der Waals surface area contributed by atoms with E-state index in [0.717, 1.165) is 0 Å². The number of hydrogen-bond donors (Lipinski definition) is 0. The Hall–Kier alpha value is -0.430. The van der Waals surface area contributed by atoms with E-state index in [1.165, 1.54) is 36.3 Å². The molecule has 0 atom stereocenters. The fourth-order valence-electron chi connectivity index (χ4n) is 2.31. The van der Waals surface area contributed by atoms with Crippen LogP contribution in [0.1, 0.15) is 45.1 Å². The van der Waals surface area contributed by atoms with Gasteiger partial charge in [-0.25, -0.2) is 0 Å². The third-order valence-corrected chi connectivity index (χ3v) is 4.48. The maximum Gasteiger partial charge on any atom is 0.0109 e. The van der Waals surface area contributed by atoms with Crippen molar-refractivity contribution < 1.29 is 0 Å². The van der Waals surface area contributed by atoms with Gasteiger partial charge in [-0.3, -0.25) is 0 Å². The average Bonchev–Trinajstić information content (AvgIpc) is 2.29. The molecule has 0 bridgehead atoms. The zero-order chi connectivity index (χ0) is 10.7. The van der Waals surface area contributed by atoms with E-state index in [2.05, 4.69) is 38.1 Å². The van der Waals surface area contributed by atoms with E-state index in [0.29, 0.717) is 5.41 Å². The molecule has 0 nitrogen and oxygen atoms in total. The molecule has 1 heterocycles. The van der Waals surface area contributed by atoms with Gasteiger partial charge >= 0.3 is 0 Å². The van der Waals surface area contributed by atoms with E-state index in [1.807, 2.05) is 11.8 Å². The van der Waals surface area contributed by atoms with Crippen molar-refractivity contribution in [3.63, 3.8) is 0 Å². The lowest BCUT2D eigenvalue weighted by molar-refractivity contribution is 0.446. The molecule has 0 unspecified atom stereocenters. The monoisotopic (exact) mass is 220 g/mol. The maximum absolute atomic E-state index is 2.39. The molecule has 15 heavy (non-hydrogen) atoms. The van der Waals surface area contributed by atoms with Crippen LogP contribution in [0.25, 0.3) is 0 Å². The van der Waals surface area contributed by atoms with Crippen molar-refractivity contribution in [3.8, 4) is 0 Å². The lowest BCUT2D eigenvalue weighted by Crippen LogP contribution is -2.17. The van der Waals surface area contributed by atoms with E-state index in [9.17, 15) is 0 Å². The Bertz CT molecular complexity index is 328. The standard InChI is InChI=1S/C14H20S/c1-14(2)10-6-3-7-11-15-13-9-5-4-8-12(13)14/h4-5,8-9H,3,6-7,10-11H2,1-2H3. The Balaban J connectivity index is 2.36. The Morgan fingerprint density at radius 2 is 1.87 bits per heavy atom. The highest BCUT2D eigenvalue weighted by Gasteiger charge is 2.23. The maximum atomic E-state index is 2.39. The van der Waals surface area contributed by atoms with Gasteiger partial charge in [0, 0.05) is 4.90 Å². The lowest BCUT2D eigenvalue weighted by atomic mass is 9.80. The summed E-state index contributed by atoms with van der Waals surface area (Å²) in [6.07, 6.45) is 5.46. The number of fused-ring (bicyclic) bond motifs is 1. The minimum absolute atomic E-state index is 0.355. The second-order valence-electron chi connectivity index (χ2n) is 5.04. The molecule has 1 aliphatic rings. The van der Waals surface area contributed by atoms with Gasteiger partial charge in [0.15, 0.2) is 0 Å². The van der Waals surface area contributed by atoms with Crippen molar-refractivity contribution in [2.45, 2.75) is 49.8 Å². The van der Waals surface area contributed by atoms with Gasteiger partial charge in [-0.15, -0.1) is 11.8 Å². The molecular formula is C14H20S. The highest BCUT2D eigenvalue weighted by Crippen LogP contribution is 2.37. The Morgan fingerprint density at radius 1 is 1.07 bits per heavy atom. The summed E-state index contributed by atoms with van der Waals surface area (Å²) in [4.78, 5) is 1.50. The average molecular weight is 220 g/mol. The van der Waals surface area contributed by atoms with E-state index in [-0.39, 0.29) is 0 Å². The van der Waals surface area contributed by atoms with Crippen molar-refractivity contribution in [3.05, 3.63) is 29.8 Å². The third kappa shape index (κ3) is 2.57. The Morgan fingerprint density at radius 3 is 2.73 bits per heavy atom. The molecule has 1 aromatic carbocycles. The van der Waals surface area contributed by atoms with Crippen LogP contribution in [0.2, 0.25) is 0 Å². The van der Waals surface area contributed by atoms with Crippen LogP contribution in [0.3, 0.4) is 0 Å². The van der Waals surface area contributed by atoms with E-state index in [1.54, 1.807) is 5.56 Å². The van der Waals surface area contributed by atoms with Gasteiger partial charge in [-0.1, -0.05) is 44.9 Å². The molecule has 1 aliphatic heterocycles. The van der Waals surface area contributed by atoms with Crippen LogP contribution in [-0.2, 0) is 5.41 Å². The summed E-state index contributed by atoms with van der Waals surface area (Å²) in [6, 6.07) is 8.94. The van der Waals surface area contributed by atoms with Crippen LogP contribution in [0.4, 0.5) is 0 Å². The van der Waals surface area contributed by atoms with Gasteiger partial charge in [-0.2, -0.15) is 0 Å². The molecule has 1 heteroatoms. The molecule has 0 spiro atoms. The van der Waals surface area contributed by atoms with Gasteiger partial charge < -0.3 is 0 Å². The summed E-state index contributed by atoms with van der Waals surface area (Å²) in [5.74, 6) is 1.28. The Kier molecular flexibility index (Phi) is 3.40. The van der Waals surface area contributed by atoms with Crippen LogP contribution in [0, 0.1) is 0 Å². The molecule has 2 rings (SSSR count). The summed E-state index contributed by atoms with van der Waals surface area (Å²) in [7, 11) is 0. The zero-order valence-corrected chi connectivity index (χ0v) is 10.6. The number of benzene rings is 1. The van der Waals surface area contributed by atoms with Crippen LogP contribution in [-0.4, -0.2) is 5.75 Å². The smallest absolute Gasteiger partial charge is 0.0109 e. The fourth-order valence-corrected chi connectivity index (χ4v) is 3.56. The predicted octanol–water partition coefficient (Wildman–Crippen LogP) is 4.63. The summed E-state index contributed by atoms with van der Waals surface area (Å²) in [5.41, 5.74) is 1.91. The minimum Gasteiger partial charge on any atom is -0.126 e. The fraction of sp³-hybridized carbons (Fsp3) is 0.571. The number of rotatable bonds is 0. The van der Waals surface area contributed by atoms with Gasteiger partial charge in [0.1, 0.15) is 0 Å². The summed E-state index contributed by atoms with van der Waals surface area (Å²) in [6.45, 7) is 4.77. The van der Waals surface area contributed by atoms with Crippen molar-refractivity contribution in [2.75, 3.05) is 5.75 Å². The summed E-state index contributed by atoms with van der Waals surface area (Å²) < 4.78 is 0. The van der Waals surface area contributed by atoms with Crippen LogP contribution >= 0.6 is 11.8 Å².